The molecule has 0 bridgehead atoms. The third-order valence-corrected chi connectivity index (χ3v) is 8.65. The Hall–Kier alpha value is -2.50. The second-order valence-corrected chi connectivity index (χ2v) is 11.1. The molecule has 0 aliphatic carbocycles. The Morgan fingerprint density at radius 1 is 1.03 bits per heavy atom. The summed E-state index contributed by atoms with van der Waals surface area (Å²) >= 11 is 0. The van der Waals surface area contributed by atoms with Gasteiger partial charge in [0, 0.05) is 46.3 Å². The van der Waals surface area contributed by atoms with Crippen LogP contribution in [0.15, 0.2) is 54.6 Å². The van der Waals surface area contributed by atoms with Gasteiger partial charge in [-0.05, 0) is 36.8 Å². The number of likely N-dealkylation sites (N-methyl/N-ethyl adjacent to an activating group) is 1. The number of hydrogen-bond donors (Lipinski definition) is 0. The molecule has 2 aliphatic heterocycles. The number of nitrogens with zero attached hydrogens (tertiary/aromatic N) is 4. The standard InChI is InChI=1S/C26H36N4O5S/c1-3-35-26(31)23-11-9-22(10-12-23)19-30(24-7-5-4-6-8-24)36(32,33)27(2)13-14-28-15-17-29(18-16-28)25-20-34-21-25/h4-12,25H,3,13-21H2,1-2H3. The van der Waals surface area contributed by atoms with Crippen molar-refractivity contribution in [3.8, 4) is 0 Å². The van der Waals surface area contributed by atoms with E-state index in [0.717, 1.165) is 45.0 Å². The van der Waals surface area contributed by atoms with Crippen molar-refractivity contribution in [3.63, 3.8) is 0 Å². The Morgan fingerprint density at radius 2 is 1.69 bits per heavy atom. The number of hydrogen-bond acceptors (Lipinski definition) is 7. The Kier molecular flexibility index (Phi) is 8.97. The van der Waals surface area contributed by atoms with Crippen molar-refractivity contribution in [2.24, 2.45) is 0 Å². The van der Waals surface area contributed by atoms with Crippen LogP contribution in [0.2, 0.25) is 0 Å². The molecule has 4 rings (SSSR count). The van der Waals surface area contributed by atoms with Gasteiger partial charge in [0.2, 0.25) is 0 Å². The summed E-state index contributed by atoms with van der Waals surface area (Å²) in [6.07, 6.45) is 0. The molecule has 0 saturated carbocycles. The molecule has 2 aromatic rings. The molecule has 0 radical (unpaired) electrons. The van der Waals surface area contributed by atoms with E-state index in [0.29, 0.717) is 37.0 Å². The Labute approximate surface area is 214 Å². The predicted molar refractivity (Wildman–Crippen MR) is 139 cm³/mol. The van der Waals surface area contributed by atoms with Gasteiger partial charge in [0.1, 0.15) is 0 Å². The van der Waals surface area contributed by atoms with E-state index in [2.05, 4.69) is 9.80 Å². The van der Waals surface area contributed by atoms with Crippen LogP contribution in [0, 0.1) is 0 Å². The normalized spacial score (nSPS) is 17.6. The van der Waals surface area contributed by atoms with Crippen molar-refractivity contribution in [2.75, 3.05) is 70.4 Å². The zero-order valence-electron chi connectivity index (χ0n) is 21.1. The highest BCUT2D eigenvalue weighted by Gasteiger charge is 2.31. The van der Waals surface area contributed by atoms with Crippen molar-refractivity contribution in [1.82, 2.24) is 14.1 Å². The maximum atomic E-state index is 13.7. The first-order chi connectivity index (χ1) is 17.4. The molecule has 0 N–H and O–H groups in total. The van der Waals surface area contributed by atoms with Crippen LogP contribution in [0.25, 0.3) is 0 Å². The van der Waals surface area contributed by atoms with E-state index < -0.39 is 16.2 Å². The van der Waals surface area contributed by atoms with Gasteiger partial charge < -0.3 is 9.47 Å². The number of para-hydroxylation sites is 1. The Bertz CT molecular complexity index is 1090. The van der Waals surface area contributed by atoms with Crippen molar-refractivity contribution in [3.05, 3.63) is 65.7 Å². The summed E-state index contributed by atoms with van der Waals surface area (Å²) in [7, 11) is -2.15. The van der Waals surface area contributed by atoms with Gasteiger partial charge in [0.05, 0.1) is 43.7 Å². The second kappa shape index (κ2) is 12.2. The fraction of sp³-hybridized carbons (Fsp3) is 0.500. The molecule has 2 heterocycles. The van der Waals surface area contributed by atoms with Crippen molar-refractivity contribution < 1.29 is 22.7 Å². The summed E-state index contributed by atoms with van der Waals surface area (Å²) in [5, 5.41) is 0. The minimum atomic E-state index is -3.79. The van der Waals surface area contributed by atoms with E-state index in [4.69, 9.17) is 9.47 Å². The monoisotopic (exact) mass is 516 g/mol. The quantitative estimate of drug-likeness (QED) is 0.423. The van der Waals surface area contributed by atoms with Gasteiger partial charge >= 0.3 is 16.2 Å². The number of anilines is 1. The Balaban J connectivity index is 1.41. The lowest BCUT2D eigenvalue weighted by Crippen LogP contribution is -2.57. The first-order valence-electron chi connectivity index (χ1n) is 12.5. The van der Waals surface area contributed by atoms with E-state index in [9.17, 15) is 13.2 Å². The van der Waals surface area contributed by atoms with Gasteiger partial charge in [-0.3, -0.25) is 14.1 Å². The van der Waals surface area contributed by atoms with Crippen LogP contribution in [0.3, 0.4) is 0 Å². The molecule has 9 nitrogen and oxygen atoms in total. The number of benzene rings is 2. The second-order valence-electron chi connectivity index (χ2n) is 9.16. The lowest BCUT2D eigenvalue weighted by atomic mass is 10.1. The molecule has 0 atom stereocenters. The largest absolute Gasteiger partial charge is 0.462 e. The van der Waals surface area contributed by atoms with Crippen LogP contribution in [0.5, 0.6) is 0 Å². The number of ether oxygens (including phenoxy) is 2. The van der Waals surface area contributed by atoms with Crippen LogP contribution < -0.4 is 4.31 Å². The summed E-state index contributed by atoms with van der Waals surface area (Å²) < 4.78 is 40.6. The zero-order valence-corrected chi connectivity index (χ0v) is 21.9. The van der Waals surface area contributed by atoms with Gasteiger partial charge in [-0.2, -0.15) is 12.7 Å². The minimum absolute atomic E-state index is 0.155. The SMILES string of the molecule is CCOC(=O)c1ccc(CN(c2ccccc2)S(=O)(=O)N(C)CCN2CCN(C3COC3)CC2)cc1. The highest BCUT2D eigenvalue weighted by atomic mass is 32.2. The Morgan fingerprint density at radius 3 is 2.28 bits per heavy atom. The molecule has 0 amide bonds. The first-order valence-corrected chi connectivity index (χ1v) is 13.9. The van der Waals surface area contributed by atoms with E-state index in [1.54, 1.807) is 50.4 Å². The minimum Gasteiger partial charge on any atom is -0.462 e. The summed E-state index contributed by atoms with van der Waals surface area (Å²) in [6.45, 7) is 8.78. The fourth-order valence-corrected chi connectivity index (χ4v) is 5.73. The fourth-order valence-electron chi connectivity index (χ4n) is 4.38. The zero-order chi connectivity index (χ0) is 25.5. The van der Waals surface area contributed by atoms with Gasteiger partial charge in [0.25, 0.3) is 0 Å². The molecule has 2 aromatic carbocycles. The summed E-state index contributed by atoms with van der Waals surface area (Å²) in [6, 6.07) is 16.5. The average molecular weight is 517 g/mol. The van der Waals surface area contributed by atoms with Crippen LogP contribution in [0.1, 0.15) is 22.8 Å². The smallest absolute Gasteiger partial charge is 0.338 e. The van der Waals surface area contributed by atoms with Crippen LogP contribution in [0.4, 0.5) is 5.69 Å². The predicted octanol–water partition coefficient (Wildman–Crippen LogP) is 2.06. The number of rotatable bonds is 11. The number of carbonyl (C=O) groups is 1. The number of carbonyl (C=O) groups excluding carboxylic acids is 1. The van der Waals surface area contributed by atoms with Crippen LogP contribution >= 0.6 is 0 Å². The molecule has 2 saturated heterocycles. The van der Waals surface area contributed by atoms with E-state index in [-0.39, 0.29) is 6.54 Å². The van der Waals surface area contributed by atoms with Crippen LogP contribution in [-0.4, -0.2) is 101 Å². The number of piperazine rings is 1. The van der Waals surface area contributed by atoms with E-state index >= 15 is 0 Å². The first kappa shape index (κ1) is 26.6. The lowest BCUT2D eigenvalue weighted by molar-refractivity contribution is -0.0768. The lowest BCUT2D eigenvalue weighted by Gasteiger charge is -2.42. The van der Waals surface area contributed by atoms with Gasteiger partial charge in [0.15, 0.2) is 0 Å². The molecule has 0 spiro atoms. The maximum Gasteiger partial charge on any atom is 0.338 e. The van der Waals surface area contributed by atoms with Crippen LogP contribution in [-0.2, 0) is 26.2 Å². The topological polar surface area (TPSA) is 82.6 Å². The third-order valence-electron chi connectivity index (χ3n) is 6.78. The van der Waals surface area contributed by atoms with Crippen molar-refractivity contribution in [2.45, 2.75) is 19.5 Å². The molecular formula is C26H36N4O5S. The van der Waals surface area contributed by atoms with Crippen molar-refractivity contribution >= 4 is 21.9 Å². The molecule has 10 heteroatoms. The molecule has 196 valence electrons. The molecule has 0 aromatic heterocycles. The highest BCUT2D eigenvalue weighted by Crippen LogP contribution is 2.23. The summed E-state index contributed by atoms with van der Waals surface area (Å²) in [5.74, 6) is -0.391. The molecule has 2 fully saturated rings. The van der Waals surface area contributed by atoms with Crippen molar-refractivity contribution in [1.29, 1.82) is 0 Å². The highest BCUT2D eigenvalue weighted by molar-refractivity contribution is 7.90. The van der Waals surface area contributed by atoms with E-state index in [1.165, 1.54) is 8.61 Å². The number of esters is 1. The third kappa shape index (κ3) is 6.43. The molecule has 36 heavy (non-hydrogen) atoms. The van der Waals surface area contributed by atoms with Gasteiger partial charge in [-0.15, -0.1) is 0 Å². The van der Waals surface area contributed by atoms with Gasteiger partial charge in [-0.25, -0.2) is 4.79 Å². The van der Waals surface area contributed by atoms with Gasteiger partial charge in [-0.1, -0.05) is 30.3 Å². The molecular weight excluding hydrogens is 480 g/mol. The summed E-state index contributed by atoms with van der Waals surface area (Å²) in [5.41, 5.74) is 1.81. The maximum absolute atomic E-state index is 13.7. The average Bonchev–Trinajstić information content (AvgIpc) is 2.86. The van der Waals surface area contributed by atoms with E-state index in [1.807, 2.05) is 18.2 Å². The summed E-state index contributed by atoms with van der Waals surface area (Å²) in [4.78, 5) is 16.8. The molecule has 0 unspecified atom stereocenters. The molecule has 2 aliphatic rings.